The van der Waals surface area contributed by atoms with Gasteiger partial charge in [0.15, 0.2) is 11.5 Å². The highest BCUT2D eigenvalue weighted by Gasteiger charge is 2.17. The topological polar surface area (TPSA) is 81.2 Å². The summed E-state index contributed by atoms with van der Waals surface area (Å²) in [5, 5.41) is 6.56. The molecule has 24 heavy (non-hydrogen) atoms. The maximum atomic E-state index is 11.9. The highest BCUT2D eigenvalue weighted by atomic mass is 32.1. The molecule has 1 aromatic carbocycles. The van der Waals surface area contributed by atoms with E-state index in [0.29, 0.717) is 22.7 Å². The minimum absolute atomic E-state index is 0.336. The summed E-state index contributed by atoms with van der Waals surface area (Å²) in [5.41, 5.74) is 2.52. The van der Waals surface area contributed by atoms with Crippen molar-refractivity contribution in [3.05, 3.63) is 40.4 Å². The van der Waals surface area contributed by atoms with Crippen LogP contribution in [0.15, 0.2) is 24.3 Å². The molecule has 2 rings (SSSR count). The molecule has 0 aliphatic rings. The number of aromatic nitrogens is 2. The van der Waals surface area contributed by atoms with Crippen LogP contribution in [0.3, 0.4) is 0 Å². The van der Waals surface area contributed by atoms with Crippen molar-refractivity contribution in [3.8, 4) is 0 Å². The van der Waals surface area contributed by atoms with Gasteiger partial charge in [-0.3, -0.25) is 4.79 Å². The van der Waals surface area contributed by atoms with E-state index in [-0.39, 0.29) is 12.5 Å². The molecular weight excluding hydrogens is 326 g/mol. The molecule has 0 saturated carbocycles. The van der Waals surface area contributed by atoms with E-state index in [0.717, 1.165) is 30.8 Å². The Morgan fingerprint density at radius 2 is 1.96 bits per heavy atom. The zero-order valence-electron chi connectivity index (χ0n) is 13.9. The predicted molar refractivity (Wildman–Crippen MR) is 93.3 cm³/mol. The van der Waals surface area contributed by atoms with Crippen LogP contribution in [0.2, 0.25) is 0 Å². The molecule has 0 spiro atoms. The second-order valence-corrected chi connectivity index (χ2v) is 6.08. The minimum atomic E-state index is -0.563. The molecule has 0 atom stereocenters. The highest BCUT2D eigenvalue weighted by Crippen LogP contribution is 2.14. The Morgan fingerprint density at radius 1 is 1.21 bits per heavy atom. The lowest BCUT2D eigenvalue weighted by Crippen LogP contribution is -2.21. The smallest absolute Gasteiger partial charge is 0.352 e. The van der Waals surface area contributed by atoms with E-state index < -0.39 is 5.97 Å². The molecule has 1 heterocycles. The molecule has 0 fully saturated rings. The number of aryl methyl sites for hydroxylation is 2. The van der Waals surface area contributed by atoms with Gasteiger partial charge in [0, 0.05) is 5.69 Å². The van der Waals surface area contributed by atoms with Gasteiger partial charge in [0.1, 0.15) is 0 Å². The monoisotopic (exact) mass is 347 g/mol. The second-order valence-electron chi connectivity index (χ2n) is 5.33. The number of carbonyl (C=O) groups is 2. The van der Waals surface area contributed by atoms with Gasteiger partial charge in [-0.1, -0.05) is 36.9 Å². The first-order valence-corrected chi connectivity index (χ1v) is 8.78. The van der Waals surface area contributed by atoms with E-state index in [1.165, 1.54) is 5.56 Å². The number of hydrogen-bond acceptors (Lipinski definition) is 6. The number of amides is 1. The molecule has 0 aliphatic carbocycles. The maximum Gasteiger partial charge on any atom is 0.352 e. The van der Waals surface area contributed by atoms with Gasteiger partial charge in [-0.05, 0) is 48.5 Å². The number of rotatable bonds is 8. The van der Waals surface area contributed by atoms with Crippen LogP contribution in [0.5, 0.6) is 0 Å². The van der Waals surface area contributed by atoms with Crippen molar-refractivity contribution >= 4 is 29.1 Å². The van der Waals surface area contributed by atoms with E-state index in [2.05, 4.69) is 21.8 Å². The van der Waals surface area contributed by atoms with Crippen LogP contribution in [0.25, 0.3) is 0 Å². The largest absolute Gasteiger partial charge is 0.451 e. The number of hydrogen-bond donors (Lipinski definition) is 1. The van der Waals surface area contributed by atoms with Crippen LogP contribution in [-0.2, 0) is 22.4 Å². The SMILES string of the molecule is CCCCc1ccc(NC(=O)COC(=O)c2snnc2CC)cc1. The average Bonchev–Trinajstić information content (AvgIpc) is 3.08. The second kappa shape index (κ2) is 9.12. The Labute approximate surface area is 145 Å². The molecule has 0 aliphatic heterocycles. The minimum Gasteiger partial charge on any atom is -0.451 e. The molecule has 128 valence electrons. The first kappa shape index (κ1) is 18.1. The van der Waals surface area contributed by atoms with Gasteiger partial charge in [-0.2, -0.15) is 0 Å². The Balaban J connectivity index is 1.81. The van der Waals surface area contributed by atoms with Crippen LogP contribution in [0.1, 0.15) is 47.6 Å². The van der Waals surface area contributed by atoms with Crippen molar-refractivity contribution in [2.45, 2.75) is 39.5 Å². The van der Waals surface area contributed by atoms with E-state index in [9.17, 15) is 9.59 Å². The fraction of sp³-hybridized carbons (Fsp3) is 0.412. The van der Waals surface area contributed by atoms with Crippen LogP contribution in [0, 0.1) is 0 Å². The number of benzene rings is 1. The summed E-state index contributed by atoms with van der Waals surface area (Å²) < 4.78 is 8.75. The molecule has 0 saturated heterocycles. The molecule has 0 bridgehead atoms. The lowest BCUT2D eigenvalue weighted by atomic mass is 10.1. The maximum absolute atomic E-state index is 11.9. The zero-order chi connectivity index (χ0) is 17.4. The zero-order valence-corrected chi connectivity index (χ0v) is 14.7. The summed E-state index contributed by atoms with van der Waals surface area (Å²) in [4.78, 5) is 24.1. The standard InChI is InChI=1S/C17H21N3O3S/c1-3-5-6-12-7-9-13(10-8-12)18-15(21)11-23-17(22)16-14(4-2)19-20-24-16/h7-10H,3-6,11H2,1-2H3,(H,18,21). The summed E-state index contributed by atoms with van der Waals surface area (Å²) in [6.07, 6.45) is 3.93. The summed E-state index contributed by atoms with van der Waals surface area (Å²) in [6, 6.07) is 7.70. The van der Waals surface area contributed by atoms with Crippen molar-refractivity contribution < 1.29 is 14.3 Å². The number of nitrogens with one attached hydrogen (secondary N) is 1. The highest BCUT2D eigenvalue weighted by molar-refractivity contribution is 7.07. The fourth-order valence-electron chi connectivity index (χ4n) is 2.12. The van der Waals surface area contributed by atoms with Gasteiger partial charge in [0.2, 0.25) is 0 Å². The van der Waals surface area contributed by atoms with Gasteiger partial charge >= 0.3 is 5.97 Å². The third kappa shape index (κ3) is 5.13. The molecule has 7 heteroatoms. The van der Waals surface area contributed by atoms with Crippen LogP contribution < -0.4 is 5.32 Å². The molecule has 1 N–H and O–H groups in total. The Kier molecular flexibility index (Phi) is 6.87. The Hall–Kier alpha value is -2.28. The van der Waals surface area contributed by atoms with Gasteiger partial charge in [0.05, 0.1) is 5.69 Å². The number of nitrogens with zero attached hydrogens (tertiary/aromatic N) is 2. The lowest BCUT2D eigenvalue weighted by Gasteiger charge is -2.07. The quantitative estimate of drug-likeness (QED) is 0.741. The van der Waals surface area contributed by atoms with Crippen molar-refractivity contribution in [2.75, 3.05) is 11.9 Å². The number of esters is 1. The number of carbonyl (C=O) groups excluding carboxylic acids is 2. The predicted octanol–water partition coefficient (Wildman–Crippen LogP) is 3.24. The van der Waals surface area contributed by atoms with Crippen molar-refractivity contribution in [2.24, 2.45) is 0 Å². The summed E-state index contributed by atoms with van der Waals surface area (Å²) in [7, 11) is 0. The van der Waals surface area contributed by atoms with Gasteiger partial charge in [0.25, 0.3) is 5.91 Å². The molecule has 1 aromatic heterocycles. The summed E-state index contributed by atoms with van der Waals surface area (Å²) in [6.45, 7) is 3.70. The van der Waals surface area contributed by atoms with Crippen molar-refractivity contribution in [1.29, 1.82) is 0 Å². The molecule has 0 radical (unpaired) electrons. The summed E-state index contributed by atoms with van der Waals surface area (Å²) in [5.74, 6) is -0.938. The van der Waals surface area contributed by atoms with E-state index in [4.69, 9.17) is 4.74 Å². The normalized spacial score (nSPS) is 10.4. The van der Waals surface area contributed by atoms with Crippen molar-refractivity contribution in [3.63, 3.8) is 0 Å². The van der Waals surface area contributed by atoms with E-state index >= 15 is 0 Å². The van der Waals surface area contributed by atoms with E-state index in [1.54, 1.807) is 0 Å². The molecule has 6 nitrogen and oxygen atoms in total. The molecule has 1 amide bonds. The molecule has 0 unspecified atom stereocenters. The Morgan fingerprint density at radius 3 is 2.62 bits per heavy atom. The first-order valence-electron chi connectivity index (χ1n) is 8.01. The average molecular weight is 347 g/mol. The van der Waals surface area contributed by atoms with Gasteiger partial charge < -0.3 is 10.1 Å². The number of ether oxygens (including phenoxy) is 1. The molecule has 2 aromatic rings. The lowest BCUT2D eigenvalue weighted by molar-refractivity contribution is -0.119. The number of unbranched alkanes of at least 4 members (excludes halogenated alkanes) is 1. The number of anilines is 1. The van der Waals surface area contributed by atoms with E-state index in [1.807, 2.05) is 31.2 Å². The third-order valence-electron chi connectivity index (χ3n) is 3.47. The first-order chi connectivity index (χ1) is 11.6. The van der Waals surface area contributed by atoms with Crippen LogP contribution in [0.4, 0.5) is 5.69 Å². The fourth-order valence-corrected chi connectivity index (χ4v) is 2.77. The van der Waals surface area contributed by atoms with Crippen molar-refractivity contribution in [1.82, 2.24) is 9.59 Å². The Bertz CT molecular complexity index is 683. The van der Waals surface area contributed by atoms with Crippen LogP contribution in [-0.4, -0.2) is 28.1 Å². The molecular formula is C17H21N3O3S. The summed E-state index contributed by atoms with van der Waals surface area (Å²) >= 11 is 0.979. The third-order valence-corrected chi connectivity index (χ3v) is 4.22. The van der Waals surface area contributed by atoms with Gasteiger partial charge in [-0.15, -0.1) is 5.10 Å². The van der Waals surface area contributed by atoms with Crippen LogP contribution >= 0.6 is 11.5 Å². The van der Waals surface area contributed by atoms with Gasteiger partial charge in [-0.25, -0.2) is 4.79 Å².